The Morgan fingerprint density at radius 3 is 2.29 bits per heavy atom. The second kappa shape index (κ2) is 3.37. The molecule has 76 valence electrons. The van der Waals surface area contributed by atoms with E-state index in [1.165, 1.54) is 23.1 Å². The van der Waals surface area contributed by atoms with Gasteiger partial charge in [-0.3, -0.25) is 0 Å². The van der Waals surface area contributed by atoms with Crippen molar-refractivity contribution in [3.05, 3.63) is 34.9 Å². The van der Waals surface area contributed by atoms with E-state index in [1.807, 2.05) is 0 Å². The molecule has 0 amide bonds. The smallest absolute Gasteiger partial charge is 0.00684 e. The molecule has 2 atom stereocenters. The first-order valence-electron chi connectivity index (χ1n) is 5.21. The fourth-order valence-electron chi connectivity index (χ4n) is 2.34. The molecule has 0 N–H and O–H groups in total. The highest BCUT2D eigenvalue weighted by atomic mass is 79.9. The Hall–Kier alpha value is -0.300. The topological polar surface area (TPSA) is 0 Å². The Bertz CT molecular complexity index is 336. The van der Waals surface area contributed by atoms with Crippen molar-refractivity contribution in [1.82, 2.24) is 0 Å². The minimum Gasteiger partial charge on any atom is -0.0925 e. The molecule has 0 aromatic heterocycles. The molecule has 1 heteroatoms. The number of halogens is 1. The Balaban J connectivity index is 2.34. The molecule has 2 rings (SSSR count). The lowest BCUT2D eigenvalue weighted by atomic mass is 9.93. The lowest BCUT2D eigenvalue weighted by molar-refractivity contribution is 0.708. The first-order valence-corrected chi connectivity index (χ1v) is 6.33. The summed E-state index contributed by atoms with van der Waals surface area (Å²) >= 11 is 3.59. The molecule has 0 saturated heterocycles. The number of hydrogen-bond donors (Lipinski definition) is 0. The number of hydrogen-bond acceptors (Lipinski definition) is 0. The zero-order chi connectivity index (χ0) is 10.3. The maximum absolute atomic E-state index is 3.59. The van der Waals surface area contributed by atoms with E-state index < -0.39 is 0 Å². The number of rotatable bonds is 2. The molecule has 0 heterocycles. The Labute approximate surface area is 94.8 Å². The van der Waals surface area contributed by atoms with Gasteiger partial charge in [-0.15, -0.1) is 0 Å². The zero-order valence-electron chi connectivity index (χ0n) is 9.10. The van der Waals surface area contributed by atoms with Crippen LogP contribution in [0.25, 0.3) is 0 Å². The summed E-state index contributed by atoms with van der Waals surface area (Å²) in [5.41, 5.74) is 4.75. The Morgan fingerprint density at radius 2 is 1.86 bits per heavy atom. The highest BCUT2D eigenvalue weighted by Crippen LogP contribution is 2.54. The summed E-state index contributed by atoms with van der Waals surface area (Å²) in [4.78, 5) is 0. The van der Waals surface area contributed by atoms with Crippen LogP contribution in [0.15, 0.2) is 18.2 Å². The van der Waals surface area contributed by atoms with E-state index in [9.17, 15) is 0 Å². The molecule has 2 unspecified atom stereocenters. The predicted molar refractivity (Wildman–Crippen MR) is 65.2 cm³/mol. The lowest BCUT2D eigenvalue weighted by Crippen LogP contribution is -2.05. The van der Waals surface area contributed by atoms with Crippen LogP contribution in [0, 0.1) is 19.8 Å². The van der Waals surface area contributed by atoms with E-state index in [2.05, 4.69) is 54.9 Å². The fourth-order valence-corrected chi connectivity index (χ4v) is 3.28. The van der Waals surface area contributed by atoms with Crippen LogP contribution in [0.1, 0.15) is 30.0 Å². The molecule has 0 aliphatic heterocycles. The summed E-state index contributed by atoms with van der Waals surface area (Å²) in [6.07, 6.45) is 1.33. The quantitative estimate of drug-likeness (QED) is 0.699. The van der Waals surface area contributed by atoms with Crippen LogP contribution in [-0.4, -0.2) is 5.33 Å². The van der Waals surface area contributed by atoms with Gasteiger partial charge < -0.3 is 0 Å². The second-order valence-electron chi connectivity index (χ2n) is 4.85. The molecule has 0 bridgehead atoms. The number of benzene rings is 1. The van der Waals surface area contributed by atoms with Crippen LogP contribution in [0.3, 0.4) is 0 Å². The average molecular weight is 253 g/mol. The van der Waals surface area contributed by atoms with Crippen molar-refractivity contribution in [2.75, 3.05) is 5.33 Å². The van der Waals surface area contributed by atoms with Gasteiger partial charge in [0.1, 0.15) is 0 Å². The molecule has 1 aliphatic carbocycles. The van der Waals surface area contributed by atoms with E-state index in [-0.39, 0.29) is 0 Å². The van der Waals surface area contributed by atoms with Crippen molar-refractivity contribution >= 4 is 15.9 Å². The minimum atomic E-state index is 0.445. The van der Waals surface area contributed by atoms with Crippen LogP contribution in [0.5, 0.6) is 0 Å². The molecule has 14 heavy (non-hydrogen) atoms. The molecule has 0 nitrogen and oxygen atoms in total. The Morgan fingerprint density at radius 1 is 1.29 bits per heavy atom. The lowest BCUT2D eigenvalue weighted by Gasteiger charge is -2.13. The van der Waals surface area contributed by atoms with Crippen molar-refractivity contribution in [3.8, 4) is 0 Å². The van der Waals surface area contributed by atoms with Crippen LogP contribution >= 0.6 is 15.9 Å². The second-order valence-corrected chi connectivity index (χ2v) is 5.50. The highest BCUT2D eigenvalue weighted by Gasteiger charge is 2.50. The molecule has 1 aromatic rings. The van der Waals surface area contributed by atoms with Crippen LogP contribution < -0.4 is 0 Å². The Kier molecular flexibility index (Phi) is 2.46. The first-order chi connectivity index (χ1) is 6.56. The molecular formula is C13H17Br. The highest BCUT2D eigenvalue weighted by molar-refractivity contribution is 9.09. The van der Waals surface area contributed by atoms with E-state index >= 15 is 0 Å². The molecule has 0 spiro atoms. The largest absolute Gasteiger partial charge is 0.0925 e. The van der Waals surface area contributed by atoms with Gasteiger partial charge in [-0.05, 0) is 37.2 Å². The molecule has 1 saturated carbocycles. The van der Waals surface area contributed by atoms with E-state index in [0.29, 0.717) is 5.41 Å². The molecular weight excluding hydrogens is 236 g/mol. The maximum atomic E-state index is 3.59. The standard InChI is InChI=1S/C13H17Br/c1-9-4-10(2)6-11(5-9)13(3)7-12(13)8-14/h4-6,12H,7-8H2,1-3H3. The van der Waals surface area contributed by atoms with Crippen molar-refractivity contribution < 1.29 is 0 Å². The summed E-state index contributed by atoms with van der Waals surface area (Å²) in [6.45, 7) is 6.75. The maximum Gasteiger partial charge on any atom is 0.00684 e. The third-order valence-corrected chi connectivity index (χ3v) is 4.26. The van der Waals surface area contributed by atoms with E-state index in [0.717, 1.165) is 11.2 Å². The van der Waals surface area contributed by atoms with Gasteiger partial charge in [0.2, 0.25) is 0 Å². The van der Waals surface area contributed by atoms with Gasteiger partial charge in [-0.2, -0.15) is 0 Å². The van der Waals surface area contributed by atoms with Gasteiger partial charge >= 0.3 is 0 Å². The van der Waals surface area contributed by atoms with E-state index in [1.54, 1.807) is 0 Å². The zero-order valence-corrected chi connectivity index (χ0v) is 10.7. The van der Waals surface area contributed by atoms with Crippen molar-refractivity contribution in [2.24, 2.45) is 5.92 Å². The van der Waals surface area contributed by atoms with Crippen molar-refractivity contribution in [2.45, 2.75) is 32.6 Å². The summed E-state index contributed by atoms with van der Waals surface area (Å²) in [6, 6.07) is 6.93. The summed E-state index contributed by atoms with van der Waals surface area (Å²) in [5.74, 6) is 0.837. The number of alkyl halides is 1. The van der Waals surface area contributed by atoms with Gasteiger partial charge in [0.05, 0.1) is 0 Å². The fraction of sp³-hybridized carbons (Fsp3) is 0.538. The SMILES string of the molecule is Cc1cc(C)cc(C2(C)CC2CBr)c1. The molecule has 1 aliphatic rings. The van der Waals surface area contributed by atoms with Gasteiger partial charge in [-0.1, -0.05) is 52.2 Å². The van der Waals surface area contributed by atoms with Gasteiger partial charge in [0.25, 0.3) is 0 Å². The predicted octanol–water partition coefficient (Wildman–Crippen LogP) is 3.98. The van der Waals surface area contributed by atoms with E-state index in [4.69, 9.17) is 0 Å². The normalized spacial score (nSPS) is 30.4. The van der Waals surface area contributed by atoms with Crippen LogP contribution in [0.4, 0.5) is 0 Å². The van der Waals surface area contributed by atoms with Gasteiger partial charge in [0.15, 0.2) is 0 Å². The number of aryl methyl sites for hydroxylation is 2. The average Bonchev–Trinajstić information content (AvgIpc) is 2.77. The molecule has 1 aromatic carbocycles. The van der Waals surface area contributed by atoms with Crippen molar-refractivity contribution in [1.29, 1.82) is 0 Å². The minimum absolute atomic E-state index is 0.445. The third kappa shape index (κ3) is 1.63. The van der Waals surface area contributed by atoms with Gasteiger partial charge in [-0.25, -0.2) is 0 Å². The monoisotopic (exact) mass is 252 g/mol. The van der Waals surface area contributed by atoms with Crippen molar-refractivity contribution in [3.63, 3.8) is 0 Å². The van der Waals surface area contributed by atoms with Crippen LogP contribution in [-0.2, 0) is 5.41 Å². The summed E-state index contributed by atoms with van der Waals surface area (Å²) in [5, 5.41) is 1.14. The summed E-state index contributed by atoms with van der Waals surface area (Å²) in [7, 11) is 0. The first kappa shape index (κ1) is 10.2. The molecule has 0 radical (unpaired) electrons. The van der Waals surface area contributed by atoms with Gasteiger partial charge in [0, 0.05) is 5.33 Å². The van der Waals surface area contributed by atoms with Crippen LogP contribution in [0.2, 0.25) is 0 Å². The third-order valence-electron chi connectivity index (χ3n) is 3.48. The molecule has 1 fully saturated rings. The summed E-state index contributed by atoms with van der Waals surface area (Å²) < 4.78 is 0.